The van der Waals surface area contributed by atoms with E-state index in [4.69, 9.17) is 0 Å². The van der Waals surface area contributed by atoms with Gasteiger partial charge in [0.25, 0.3) is 5.56 Å². The maximum Gasteiger partial charge on any atom is 0.254 e. The Bertz CT molecular complexity index is 519. The van der Waals surface area contributed by atoms with Crippen molar-refractivity contribution in [2.24, 2.45) is 0 Å². The Balaban J connectivity index is 2.57. The highest BCUT2D eigenvalue weighted by Crippen LogP contribution is 2.17. The Morgan fingerprint density at radius 1 is 1.44 bits per heavy atom. The number of rotatable bonds is 3. The van der Waals surface area contributed by atoms with Crippen LogP contribution in [-0.2, 0) is 6.42 Å². The molecule has 0 aliphatic rings. The van der Waals surface area contributed by atoms with Crippen molar-refractivity contribution >= 4 is 0 Å². The Morgan fingerprint density at radius 2 is 2.31 bits per heavy atom. The molecule has 0 amide bonds. The van der Waals surface area contributed by atoms with E-state index in [0.717, 1.165) is 29.7 Å². The van der Waals surface area contributed by atoms with Gasteiger partial charge in [0, 0.05) is 23.5 Å². The molecule has 0 saturated heterocycles. The van der Waals surface area contributed by atoms with E-state index < -0.39 is 0 Å². The minimum absolute atomic E-state index is 0.0595. The third-order valence-electron chi connectivity index (χ3n) is 2.38. The van der Waals surface area contributed by atoms with E-state index >= 15 is 0 Å². The van der Waals surface area contributed by atoms with Crippen LogP contribution in [0.5, 0.6) is 0 Å². The van der Waals surface area contributed by atoms with Crippen LogP contribution >= 0.6 is 0 Å². The van der Waals surface area contributed by atoms with Crippen molar-refractivity contribution in [2.45, 2.75) is 19.8 Å². The number of nitrogens with zero attached hydrogens (tertiary/aromatic N) is 2. The van der Waals surface area contributed by atoms with Crippen molar-refractivity contribution in [2.75, 3.05) is 0 Å². The molecule has 16 heavy (non-hydrogen) atoms. The van der Waals surface area contributed by atoms with Crippen LogP contribution in [0.2, 0.25) is 0 Å². The van der Waals surface area contributed by atoms with Gasteiger partial charge in [-0.2, -0.15) is 0 Å². The van der Waals surface area contributed by atoms with Crippen LogP contribution in [0.3, 0.4) is 0 Å². The third-order valence-corrected chi connectivity index (χ3v) is 2.38. The Hall–Kier alpha value is -1.97. The van der Waals surface area contributed by atoms with Gasteiger partial charge in [-0.3, -0.25) is 9.78 Å². The summed E-state index contributed by atoms with van der Waals surface area (Å²) in [6.45, 7) is 2.04. The summed E-state index contributed by atoms with van der Waals surface area (Å²) in [5.41, 5.74) is 2.30. The maximum absolute atomic E-state index is 11.7. The minimum atomic E-state index is -0.0595. The molecular weight excluding hydrogens is 202 g/mol. The van der Waals surface area contributed by atoms with Crippen LogP contribution in [0, 0.1) is 0 Å². The van der Waals surface area contributed by atoms with Gasteiger partial charge < -0.3 is 4.98 Å². The number of hydrogen-bond donors (Lipinski definition) is 1. The second kappa shape index (κ2) is 4.70. The zero-order chi connectivity index (χ0) is 11.4. The average molecular weight is 215 g/mol. The smallest absolute Gasteiger partial charge is 0.254 e. The number of hydrogen-bond acceptors (Lipinski definition) is 3. The van der Waals surface area contributed by atoms with Crippen LogP contribution < -0.4 is 5.56 Å². The molecule has 0 aromatic carbocycles. The molecule has 0 saturated carbocycles. The highest BCUT2D eigenvalue weighted by Gasteiger charge is 2.09. The molecule has 0 aliphatic carbocycles. The molecule has 0 spiro atoms. The molecule has 2 heterocycles. The molecule has 0 fully saturated rings. The fourth-order valence-electron chi connectivity index (χ4n) is 1.66. The lowest BCUT2D eigenvalue weighted by Gasteiger charge is -2.05. The van der Waals surface area contributed by atoms with Crippen molar-refractivity contribution in [1.29, 1.82) is 0 Å². The van der Waals surface area contributed by atoms with Crippen LogP contribution in [0.1, 0.15) is 18.9 Å². The summed E-state index contributed by atoms with van der Waals surface area (Å²) in [7, 11) is 0. The van der Waals surface area contributed by atoms with E-state index in [1.807, 2.05) is 19.1 Å². The van der Waals surface area contributed by atoms with Crippen molar-refractivity contribution in [3.05, 3.63) is 46.8 Å². The lowest BCUT2D eigenvalue weighted by molar-refractivity contribution is 0.888. The Labute approximate surface area is 93.4 Å². The highest BCUT2D eigenvalue weighted by molar-refractivity contribution is 5.61. The van der Waals surface area contributed by atoms with E-state index in [1.54, 1.807) is 12.4 Å². The number of pyridine rings is 1. The van der Waals surface area contributed by atoms with Gasteiger partial charge in [0.15, 0.2) is 0 Å². The first-order valence-electron chi connectivity index (χ1n) is 5.30. The molecule has 82 valence electrons. The van der Waals surface area contributed by atoms with Gasteiger partial charge in [-0.1, -0.05) is 13.3 Å². The second-order valence-electron chi connectivity index (χ2n) is 3.55. The third kappa shape index (κ3) is 2.00. The van der Waals surface area contributed by atoms with Gasteiger partial charge in [0.1, 0.15) is 0 Å². The first-order chi connectivity index (χ1) is 7.83. The maximum atomic E-state index is 11.7. The molecule has 0 radical (unpaired) electrons. The molecule has 0 unspecified atom stereocenters. The summed E-state index contributed by atoms with van der Waals surface area (Å²) < 4.78 is 0. The molecule has 1 N–H and O–H groups in total. The predicted molar refractivity (Wildman–Crippen MR) is 62.1 cm³/mol. The minimum Gasteiger partial charge on any atom is -0.313 e. The summed E-state index contributed by atoms with van der Waals surface area (Å²) in [6, 6.07) is 3.75. The molecule has 0 atom stereocenters. The SMILES string of the molecule is CCCc1c(-c2cccnc2)nc[nH]c1=O. The van der Waals surface area contributed by atoms with Gasteiger partial charge >= 0.3 is 0 Å². The number of nitrogens with one attached hydrogen (secondary N) is 1. The molecule has 0 aliphatic heterocycles. The van der Waals surface area contributed by atoms with E-state index in [-0.39, 0.29) is 5.56 Å². The molecule has 2 aromatic heterocycles. The summed E-state index contributed by atoms with van der Waals surface area (Å²) in [5.74, 6) is 0. The standard InChI is InChI=1S/C12H13N3O/c1-2-4-10-11(14-8-15-12(10)16)9-5-3-6-13-7-9/h3,5-8H,2,4H2,1H3,(H,14,15,16). The first kappa shape index (κ1) is 10.5. The van der Waals surface area contributed by atoms with Gasteiger partial charge in [-0.25, -0.2) is 4.98 Å². The molecule has 4 nitrogen and oxygen atoms in total. The van der Waals surface area contributed by atoms with Crippen LogP contribution in [0.4, 0.5) is 0 Å². The summed E-state index contributed by atoms with van der Waals surface area (Å²) in [6.07, 6.45) is 6.51. The lowest BCUT2D eigenvalue weighted by atomic mass is 10.1. The summed E-state index contributed by atoms with van der Waals surface area (Å²) >= 11 is 0. The second-order valence-corrected chi connectivity index (χ2v) is 3.55. The molecule has 0 bridgehead atoms. The molecular formula is C12H13N3O. The predicted octanol–water partition coefficient (Wildman–Crippen LogP) is 1.78. The number of aromatic nitrogens is 3. The molecule has 2 aromatic rings. The molecule has 4 heteroatoms. The highest BCUT2D eigenvalue weighted by atomic mass is 16.1. The number of H-pyrrole nitrogens is 1. The Morgan fingerprint density at radius 3 is 3.00 bits per heavy atom. The largest absolute Gasteiger partial charge is 0.313 e. The van der Waals surface area contributed by atoms with Crippen LogP contribution in [0.25, 0.3) is 11.3 Å². The van der Waals surface area contributed by atoms with Gasteiger partial charge in [-0.05, 0) is 18.6 Å². The van der Waals surface area contributed by atoms with Crippen molar-refractivity contribution in [3.8, 4) is 11.3 Å². The Kier molecular flexibility index (Phi) is 3.10. The fourth-order valence-corrected chi connectivity index (χ4v) is 1.66. The van der Waals surface area contributed by atoms with Crippen molar-refractivity contribution < 1.29 is 0 Å². The van der Waals surface area contributed by atoms with E-state index in [2.05, 4.69) is 15.0 Å². The lowest BCUT2D eigenvalue weighted by Crippen LogP contribution is -2.14. The van der Waals surface area contributed by atoms with Crippen molar-refractivity contribution in [1.82, 2.24) is 15.0 Å². The van der Waals surface area contributed by atoms with Gasteiger partial charge in [0.2, 0.25) is 0 Å². The normalized spacial score (nSPS) is 10.3. The topological polar surface area (TPSA) is 58.6 Å². The first-order valence-corrected chi connectivity index (χ1v) is 5.30. The molecule has 2 rings (SSSR count). The van der Waals surface area contributed by atoms with Crippen LogP contribution in [0.15, 0.2) is 35.6 Å². The zero-order valence-electron chi connectivity index (χ0n) is 9.10. The summed E-state index contributed by atoms with van der Waals surface area (Å²) in [5, 5.41) is 0. The number of aromatic amines is 1. The monoisotopic (exact) mass is 215 g/mol. The quantitative estimate of drug-likeness (QED) is 0.849. The van der Waals surface area contributed by atoms with E-state index in [9.17, 15) is 4.79 Å². The average Bonchev–Trinajstić information content (AvgIpc) is 2.33. The van der Waals surface area contributed by atoms with Gasteiger partial charge in [0.05, 0.1) is 12.0 Å². The van der Waals surface area contributed by atoms with Crippen LogP contribution in [-0.4, -0.2) is 15.0 Å². The zero-order valence-corrected chi connectivity index (χ0v) is 9.10. The van der Waals surface area contributed by atoms with E-state index in [1.165, 1.54) is 6.33 Å². The van der Waals surface area contributed by atoms with Gasteiger partial charge in [-0.15, -0.1) is 0 Å². The van der Waals surface area contributed by atoms with Crippen molar-refractivity contribution in [3.63, 3.8) is 0 Å². The summed E-state index contributed by atoms with van der Waals surface area (Å²) in [4.78, 5) is 22.6. The fraction of sp³-hybridized carbons (Fsp3) is 0.250. The van der Waals surface area contributed by atoms with E-state index in [0.29, 0.717) is 0 Å².